The summed E-state index contributed by atoms with van der Waals surface area (Å²) in [5.74, 6) is 0. The third-order valence-corrected chi connectivity index (χ3v) is 3.59. The van der Waals surface area contributed by atoms with Crippen LogP contribution in [-0.2, 0) is 4.57 Å². The van der Waals surface area contributed by atoms with Gasteiger partial charge >= 0.3 is 19.0 Å². The average Bonchev–Trinajstić information content (AvgIpc) is 2.34. The summed E-state index contributed by atoms with van der Waals surface area (Å²) in [6.45, 7) is 0. The van der Waals surface area contributed by atoms with E-state index in [1.807, 2.05) is 0 Å². The minimum absolute atomic E-state index is 0.106. The topological polar surface area (TPSA) is 177 Å². The largest absolute Gasteiger partial charge is 0.361 e. The first-order valence-electron chi connectivity index (χ1n) is 5.17. The summed E-state index contributed by atoms with van der Waals surface area (Å²) in [7, 11) is -4.88. The van der Waals surface area contributed by atoms with Crippen LogP contribution >= 0.6 is 7.60 Å². The standard InChI is InChI=1S/C9H6N3O8P/c13-9-8(21(18,19)20)2-4-1-6(11(14)15)7(12(16)17)3-5(4)10-9/h1-3H,(H,10,13)(H2,18,19,20). The third-order valence-electron chi connectivity index (χ3n) is 2.63. The number of aromatic amines is 1. The molecule has 11 nitrogen and oxygen atoms in total. The van der Waals surface area contributed by atoms with Gasteiger partial charge in [-0.2, -0.15) is 0 Å². The van der Waals surface area contributed by atoms with Crippen LogP contribution in [0.15, 0.2) is 23.0 Å². The Balaban J connectivity index is 2.90. The molecule has 1 aromatic carbocycles. The van der Waals surface area contributed by atoms with Gasteiger partial charge in [-0.3, -0.25) is 29.6 Å². The molecule has 0 aliphatic rings. The number of H-pyrrole nitrogens is 1. The normalized spacial score (nSPS) is 11.5. The van der Waals surface area contributed by atoms with E-state index in [1.54, 1.807) is 0 Å². The lowest BCUT2D eigenvalue weighted by Gasteiger charge is -2.05. The Bertz CT molecular complexity index is 882. The smallest absolute Gasteiger partial charge is 0.321 e. The first-order valence-corrected chi connectivity index (χ1v) is 6.78. The Morgan fingerprint density at radius 2 is 1.57 bits per heavy atom. The van der Waals surface area contributed by atoms with Crippen molar-refractivity contribution in [1.29, 1.82) is 0 Å². The van der Waals surface area contributed by atoms with E-state index in [4.69, 9.17) is 9.79 Å². The molecular weight excluding hydrogens is 309 g/mol. The summed E-state index contributed by atoms with van der Waals surface area (Å²) in [4.78, 5) is 51.1. The van der Waals surface area contributed by atoms with Gasteiger partial charge in [-0.1, -0.05) is 0 Å². The van der Waals surface area contributed by atoms with Crippen molar-refractivity contribution in [3.8, 4) is 0 Å². The molecule has 0 aliphatic carbocycles. The van der Waals surface area contributed by atoms with E-state index >= 15 is 0 Å². The third kappa shape index (κ3) is 2.65. The monoisotopic (exact) mass is 315 g/mol. The molecule has 1 heterocycles. The zero-order valence-electron chi connectivity index (χ0n) is 9.92. The number of nitrogens with zero attached hydrogens (tertiary/aromatic N) is 2. The quantitative estimate of drug-likeness (QED) is 0.407. The summed E-state index contributed by atoms with van der Waals surface area (Å²) in [6, 6.07) is 2.30. The molecule has 0 radical (unpaired) electrons. The first kappa shape index (κ1) is 14.8. The van der Waals surface area contributed by atoms with Crippen molar-refractivity contribution in [2.45, 2.75) is 0 Å². The molecule has 0 saturated carbocycles. The van der Waals surface area contributed by atoms with Crippen LogP contribution in [0.3, 0.4) is 0 Å². The molecule has 0 atom stereocenters. The van der Waals surface area contributed by atoms with Crippen molar-refractivity contribution in [2.75, 3.05) is 0 Å². The molecule has 0 aliphatic heterocycles. The van der Waals surface area contributed by atoms with Crippen LogP contribution in [0.1, 0.15) is 0 Å². The number of nitrogens with one attached hydrogen (secondary N) is 1. The highest BCUT2D eigenvalue weighted by Gasteiger charge is 2.27. The predicted octanol–water partition coefficient (Wildman–Crippen LogP) is 0.147. The molecule has 3 N–H and O–H groups in total. The summed E-state index contributed by atoms with van der Waals surface area (Å²) < 4.78 is 11.1. The predicted molar refractivity (Wildman–Crippen MR) is 69.6 cm³/mol. The Hall–Kier alpha value is -2.62. The van der Waals surface area contributed by atoms with Crippen LogP contribution < -0.4 is 10.9 Å². The maximum absolute atomic E-state index is 11.5. The van der Waals surface area contributed by atoms with Crippen LogP contribution in [0.4, 0.5) is 11.4 Å². The number of hydrogen-bond donors (Lipinski definition) is 3. The lowest BCUT2D eigenvalue weighted by molar-refractivity contribution is -0.422. The maximum atomic E-state index is 11.5. The van der Waals surface area contributed by atoms with Gasteiger partial charge in [0, 0.05) is 17.5 Å². The zero-order chi connectivity index (χ0) is 15.9. The molecular formula is C9H6N3O8P. The second kappa shape index (κ2) is 4.74. The van der Waals surface area contributed by atoms with Gasteiger partial charge in [-0.05, 0) is 6.07 Å². The maximum Gasteiger partial charge on any atom is 0.361 e. The minimum atomic E-state index is -4.88. The fourth-order valence-electron chi connectivity index (χ4n) is 1.73. The van der Waals surface area contributed by atoms with Gasteiger partial charge in [-0.25, -0.2) is 0 Å². The van der Waals surface area contributed by atoms with Gasteiger partial charge in [0.1, 0.15) is 5.30 Å². The van der Waals surface area contributed by atoms with E-state index in [-0.39, 0.29) is 10.9 Å². The van der Waals surface area contributed by atoms with Gasteiger partial charge < -0.3 is 14.8 Å². The molecule has 21 heavy (non-hydrogen) atoms. The molecule has 0 fully saturated rings. The Morgan fingerprint density at radius 3 is 2.05 bits per heavy atom. The van der Waals surface area contributed by atoms with Crippen molar-refractivity contribution in [1.82, 2.24) is 4.98 Å². The molecule has 0 unspecified atom stereocenters. The van der Waals surface area contributed by atoms with Gasteiger partial charge in [-0.15, -0.1) is 0 Å². The van der Waals surface area contributed by atoms with E-state index in [0.29, 0.717) is 0 Å². The highest BCUT2D eigenvalue weighted by molar-refractivity contribution is 7.60. The van der Waals surface area contributed by atoms with Crippen molar-refractivity contribution in [2.24, 2.45) is 0 Å². The zero-order valence-corrected chi connectivity index (χ0v) is 10.8. The second-order valence-corrected chi connectivity index (χ2v) is 5.54. The number of pyridine rings is 1. The van der Waals surface area contributed by atoms with Crippen LogP contribution in [0, 0.1) is 20.2 Å². The van der Waals surface area contributed by atoms with Crippen LogP contribution in [-0.4, -0.2) is 24.6 Å². The van der Waals surface area contributed by atoms with Crippen molar-refractivity contribution in [3.63, 3.8) is 0 Å². The fourth-order valence-corrected chi connectivity index (χ4v) is 2.36. The van der Waals surface area contributed by atoms with Crippen LogP contribution in [0.25, 0.3) is 10.9 Å². The van der Waals surface area contributed by atoms with E-state index in [9.17, 15) is 29.6 Å². The summed E-state index contributed by atoms with van der Waals surface area (Å²) in [5, 5.41) is 20.6. The Kier molecular flexibility index (Phi) is 3.33. The first-order chi connectivity index (χ1) is 9.61. The number of nitro groups is 2. The SMILES string of the molecule is O=c1[nH]c2cc([N+](=O)[O-])c([N+](=O)[O-])cc2cc1P(=O)(O)O. The number of aromatic nitrogens is 1. The van der Waals surface area contributed by atoms with Gasteiger partial charge in [0.05, 0.1) is 15.4 Å². The number of hydrogen-bond acceptors (Lipinski definition) is 6. The molecule has 2 aromatic rings. The van der Waals surface area contributed by atoms with Gasteiger partial charge in [0.15, 0.2) is 0 Å². The molecule has 0 spiro atoms. The Morgan fingerprint density at radius 1 is 1.05 bits per heavy atom. The molecule has 2 rings (SSSR count). The van der Waals surface area contributed by atoms with Crippen molar-refractivity contribution >= 4 is 35.2 Å². The molecule has 0 bridgehead atoms. The lowest BCUT2D eigenvalue weighted by atomic mass is 10.1. The fraction of sp³-hybridized carbons (Fsp3) is 0. The molecule has 1 aromatic heterocycles. The van der Waals surface area contributed by atoms with E-state index < -0.39 is 39.7 Å². The number of fused-ring (bicyclic) bond motifs is 1. The van der Waals surface area contributed by atoms with E-state index in [1.165, 1.54) is 0 Å². The van der Waals surface area contributed by atoms with Crippen LogP contribution in [0.5, 0.6) is 0 Å². The summed E-state index contributed by atoms with van der Waals surface area (Å²) in [6.07, 6.45) is 0. The highest BCUT2D eigenvalue weighted by atomic mass is 31.2. The van der Waals surface area contributed by atoms with E-state index in [0.717, 1.165) is 18.2 Å². The minimum Gasteiger partial charge on any atom is -0.321 e. The highest BCUT2D eigenvalue weighted by Crippen LogP contribution is 2.34. The molecule has 0 saturated heterocycles. The number of nitro benzene ring substituents is 2. The Labute approximate surface area is 114 Å². The summed E-state index contributed by atoms with van der Waals surface area (Å²) >= 11 is 0. The van der Waals surface area contributed by atoms with Crippen molar-refractivity contribution in [3.05, 3.63) is 48.8 Å². The van der Waals surface area contributed by atoms with Crippen LogP contribution in [0.2, 0.25) is 0 Å². The summed E-state index contributed by atoms with van der Waals surface area (Å²) in [5.41, 5.74) is -2.96. The van der Waals surface area contributed by atoms with Crippen molar-refractivity contribution < 1.29 is 24.2 Å². The van der Waals surface area contributed by atoms with E-state index in [2.05, 4.69) is 4.98 Å². The number of benzene rings is 1. The lowest BCUT2D eigenvalue weighted by Crippen LogP contribution is -2.26. The van der Waals surface area contributed by atoms with Gasteiger partial charge in [0.25, 0.3) is 5.56 Å². The molecule has 110 valence electrons. The molecule has 12 heteroatoms. The van der Waals surface area contributed by atoms with Gasteiger partial charge in [0.2, 0.25) is 0 Å². The second-order valence-electron chi connectivity index (χ2n) is 3.97. The number of rotatable bonds is 3. The average molecular weight is 315 g/mol. The molecule has 0 amide bonds.